The number of nitrogens with zero attached hydrogens (tertiary/aromatic N) is 2. The van der Waals surface area contributed by atoms with Crippen molar-refractivity contribution in [3.05, 3.63) is 53.7 Å². The van der Waals surface area contributed by atoms with E-state index >= 15 is 0 Å². The molecule has 3 rings (SSSR count). The fourth-order valence-corrected chi connectivity index (χ4v) is 2.81. The van der Waals surface area contributed by atoms with Gasteiger partial charge in [0.15, 0.2) is 0 Å². The molecule has 0 N–H and O–H groups in total. The summed E-state index contributed by atoms with van der Waals surface area (Å²) in [7, 11) is 2.11. The van der Waals surface area contributed by atoms with Crippen molar-refractivity contribution in [1.29, 1.82) is 0 Å². The van der Waals surface area contributed by atoms with Crippen LogP contribution < -0.4 is 0 Å². The Balaban J connectivity index is 1.49. The first-order valence-corrected chi connectivity index (χ1v) is 8.10. The molecule has 3 heterocycles. The van der Waals surface area contributed by atoms with Crippen LogP contribution in [-0.4, -0.2) is 30.1 Å². The van der Waals surface area contributed by atoms with Gasteiger partial charge in [-0.2, -0.15) is 0 Å². The largest absolute Gasteiger partial charge is 0.462 e. The standard InChI is InChI=1S/C18H24N2O2/c1-20(12-10-15-6-2-4-11-19-15)14-16-8-9-18(22-16)17-7-3-5-13-21-17/h2,4,6,8-9,11,17H,3,5,7,10,12-14H2,1H3. The molecule has 1 atom stereocenters. The van der Waals surface area contributed by atoms with Gasteiger partial charge in [-0.3, -0.25) is 9.88 Å². The van der Waals surface area contributed by atoms with Crippen LogP contribution in [0.25, 0.3) is 0 Å². The van der Waals surface area contributed by atoms with Crippen molar-refractivity contribution in [2.45, 2.75) is 38.3 Å². The van der Waals surface area contributed by atoms with Crippen molar-refractivity contribution in [2.24, 2.45) is 0 Å². The zero-order chi connectivity index (χ0) is 15.2. The zero-order valence-electron chi connectivity index (χ0n) is 13.2. The van der Waals surface area contributed by atoms with Gasteiger partial charge in [-0.1, -0.05) is 6.07 Å². The Bertz CT molecular complexity index is 561. The molecule has 118 valence electrons. The second-order valence-corrected chi connectivity index (χ2v) is 5.97. The molecule has 0 amide bonds. The molecule has 0 radical (unpaired) electrons. The van der Waals surface area contributed by atoms with Crippen molar-refractivity contribution < 1.29 is 9.15 Å². The summed E-state index contributed by atoms with van der Waals surface area (Å²) in [4.78, 5) is 6.62. The minimum atomic E-state index is 0.154. The highest BCUT2D eigenvalue weighted by Crippen LogP contribution is 2.29. The minimum Gasteiger partial charge on any atom is -0.462 e. The molecule has 4 heteroatoms. The Hall–Kier alpha value is -1.65. The fourth-order valence-electron chi connectivity index (χ4n) is 2.81. The van der Waals surface area contributed by atoms with E-state index in [1.807, 2.05) is 18.3 Å². The maximum Gasteiger partial charge on any atom is 0.133 e. The SMILES string of the molecule is CN(CCc1ccccn1)Cc1ccc(C2CCCCO2)o1. The number of hydrogen-bond donors (Lipinski definition) is 0. The van der Waals surface area contributed by atoms with E-state index in [9.17, 15) is 0 Å². The summed E-state index contributed by atoms with van der Waals surface area (Å²) in [6.07, 6.45) is 6.42. The predicted octanol–water partition coefficient (Wildman–Crippen LogP) is 3.59. The molecular formula is C18H24N2O2. The Morgan fingerprint density at radius 2 is 2.18 bits per heavy atom. The van der Waals surface area contributed by atoms with E-state index in [-0.39, 0.29) is 6.10 Å². The average molecular weight is 300 g/mol. The molecule has 0 aliphatic carbocycles. The third-order valence-corrected chi connectivity index (χ3v) is 4.08. The lowest BCUT2D eigenvalue weighted by molar-refractivity contribution is 0.000933. The minimum absolute atomic E-state index is 0.154. The zero-order valence-corrected chi connectivity index (χ0v) is 13.2. The Morgan fingerprint density at radius 1 is 1.23 bits per heavy atom. The van der Waals surface area contributed by atoms with Crippen molar-refractivity contribution in [2.75, 3.05) is 20.2 Å². The second kappa shape index (κ2) is 7.56. The van der Waals surface area contributed by atoms with E-state index in [2.05, 4.69) is 35.1 Å². The number of furan rings is 1. The normalized spacial score (nSPS) is 18.7. The Morgan fingerprint density at radius 3 is 2.95 bits per heavy atom. The van der Waals surface area contributed by atoms with Gasteiger partial charge in [-0.25, -0.2) is 0 Å². The molecule has 0 aromatic carbocycles. The number of rotatable bonds is 6. The molecule has 22 heavy (non-hydrogen) atoms. The number of aromatic nitrogens is 1. The van der Waals surface area contributed by atoms with Gasteiger partial charge in [-0.05, 0) is 50.6 Å². The highest BCUT2D eigenvalue weighted by Gasteiger charge is 2.19. The monoisotopic (exact) mass is 300 g/mol. The summed E-state index contributed by atoms with van der Waals surface area (Å²) < 4.78 is 11.7. The molecule has 0 bridgehead atoms. The van der Waals surface area contributed by atoms with Gasteiger partial charge in [0.25, 0.3) is 0 Å². The average Bonchev–Trinajstić information content (AvgIpc) is 3.03. The molecule has 0 spiro atoms. The van der Waals surface area contributed by atoms with Crippen molar-refractivity contribution in [3.63, 3.8) is 0 Å². The van der Waals surface area contributed by atoms with E-state index in [1.165, 1.54) is 12.8 Å². The molecule has 2 aromatic heterocycles. The first kappa shape index (κ1) is 15.3. The van der Waals surface area contributed by atoms with Crippen LogP contribution >= 0.6 is 0 Å². The maximum atomic E-state index is 5.96. The summed E-state index contributed by atoms with van der Waals surface area (Å²) in [5.74, 6) is 1.99. The third-order valence-electron chi connectivity index (χ3n) is 4.08. The third kappa shape index (κ3) is 4.18. The van der Waals surface area contributed by atoms with Crippen LogP contribution in [-0.2, 0) is 17.7 Å². The summed E-state index contributed by atoms with van der Waals surface area (Å²) in [6.45, 7) is 2.64. The number of ether oxygens (including phenoxy) is 1. The van der Waals surface area contributed by atoms with E-state index in [0.29, 0.717) is 0 Å². The molecular weight excluding hydrogens is 276 g/mol. The predicted molar refractivity (Wildman–Crippen MR) is 85.5 cm³/mol. The number of likely N-dealkylation sites (N-methyl/N-ethyl adjacent to an activating group) is 1. The highest BCUT2D eigenvalue weighted by molar-refractivity contribution is 5.10. The van der Waals surface area contributed by atoms with Gasteiger partial charge in [0, 0.05) is 31.5 Å². The van der Waals surface area contributed by atoms with Crippen molar-refractivity contribution in [3.8, 4) is 0 Å². The van der Waals surface area contributed by atoms with Crippen LogP contribution in [0.2, 0.25) is 0 Å². The van der Waals surface area contributed by atoms with Gasteiger partial charge in [0.1, 0.15) is 17.6 Å². The maximum absolute atomic E-state index is 5.96. The summed E-state index contributed by atoms with van der Waals surface area (Å²) in [5, 5.41) is 0. The van der Waals surface area contributed by atoms with Crippen molar-refractivity contribution in [1.82, 2.24) is 9.88 Å². The smallest absolute Gasteiger partial charge is 0.133 e. The van der Waals surface area contributed by atoms with Gasteiger partial charge in [0.2, 0.25) is 0 Å². The van der Waals surface area contributed by atoms with Crippen LogP contribution in [0.5, 0.6) is 0 Å². The highest BCUT2D eigenvalue weighted by atomic mass is 16.5. The molecule has 1 fully saturated rings. The van der Waals surface area contributed by atoms with Gasteiger partial charge >= 0.3 is 0 Å². The first-order chi connectivity index (χ1) is 10.8. The van der Waals surface area contributed by atoms with Crippen LogP contribution in [0.15, 0.2) is 40.9 Å². The molecule has 1 aliphatic heterocycles. The lowest BCUT2D eigenvalue weighted by Gasteiger charge is -2.20. The summed E-state index contributed by atoms with van der Waals surface area (Å²) >= 11 is 0. The number of hydrogen-bond acceptors (Lipinski definition) is 4. The second-order valence-electron chi connectivity index (χ2n) is 5.97. The Kier molecular flexibility index (Phi) is 5.24. The van der Waals surface area contributed by atoms with E-state index in [4.69, 9.17) is 9.15 Å². The molecule has 2 aromatic rings. The lowest BCUT2D eigenvalue weighted by atomic mass is 10.1. The molecule has 4 nitrogen and oxygen atoms in total. The Labute approximate surface area is 132 Å². The van der Waals surface area contributed by atoms with Crippen molar-refractivity contribution >= 4 is 0 Å². The number of pyridine rings is 1. The van der Waals surface area contributed by atoms with Gasteiger partial charge < -0.3 is 9.15 Å². The van der Waals surface area contributed by atoms with Crippen LogP contribution in [0.4, 0.5) is 0 Å². The summed E-state index contributed by atoms with van der Waals surface area (Å²) in [5.41, 5.74) is 1.13. The topological polar surface area (TPSA) is 38.5 Å². The van der Waals surface area contributed by atoms with Crippen LogP contribution in [0.1, 0.15) is 42.6 Å². The molecule has 1 aliphatic rings. The van der Waals surface area contributed by atoms with Gasteiger partial charge in [0.05, 0.1) is 6.54 Å². The molecule has 1 saturated heterocycles. The van der Waals surface area contributed by atoms with Crippen LogP contribution in [0.3, 0.4) is 0 Å². The van der Waals surface area contributed by atoms with Crippen LogP contribution in [0, 0.1) is 0 Å². The van der Waals surface area contributed by atoms with Gasteiger partial charge in [-0.15, -0.1) is 0 Å². The fraction of sp³-hybridized carbons (Fsp3) is 0.500. The lowest BCUT2D eigenvalue weighted by Crippen LogP contribution is -2.20. The van der Waals surface area contributed by atoms with E-state index in [1.54, 1.807) is 0 Å². The summed E-state index contributed by atoms with van der Waals surface area (Å²) in [6, 6.07) is 10.2. The van der Waals surface area contributed by atoms with E-state index in [0.717, 1.165) is 49.8 Å². The van der Waals surface area contributed by atoms with E-state index < -0.39 is 0 Å². The quantitative estimate of drug-likeness (QED) is 0.817. The first-order valence-electron chi connectivity index (χ1n) is 8.10. The molecule has 1 unspecified atom stereocenters. The molecule has 0 saturated carbocycles.